The summed E-state index contributed by atoms with van der Waals surface area (Å²) in [7, 11) is 0. The molecule has 1 rings (SSSR count). The smallest absolute Gasteiger partial charge is 0.414 e. The fourth-order valence-electron chi connectivity index (χ4n) is 1.07. The zero-order valence-electron chi connectivity index (χ0n) is 12.1. The minimum atomic E-state index is -1.39. The number of ether oxygens (including phenoxy) is 1. The van der Waals surface area contributed by atoms with Crippen LogP contribution in [-0.4, -0.2) is 44.4 Å². The molecule has 10 heteroatoms. The second kappa shape index (κ2) is 7.37. The molecule has 0 saturated heterocycles. The molecule has 0 aliphatic carbocycles. The highest BCUT2D eigenvalue weighted by Gasteiger charge is 2.22. The Labute approximate surface area is 130 Å². The molecule has 0 bridgehead atoms. The molecule has 0 radical (unpaired) electrons. The number of nitrogens with zero attached hydrogens (tertiary/aromatic N) is 3. The molecule has 1 aromatic heterocycles. The van der Waals surface area contributed by atoms with Crippen LogP contribution in [0.4, 0.5) is 9.93 Å². The number of terminal acetylenes is 1. The lowest BCUT2D eigenvalue weighted by molar-refractivity contribution is -0.129. The first-order chi connectivity index (χ1) is 10.2. The molecule has 0 aliphatic heterocycles. The lowest BCUT2D eigenvalue weighted by Gasteiger charge is -2.18. The number of oxime groups is 1. The van der Waals surface area contributed by atoms with Crippen molar-refractivity contribution >= 4 is 34.4 Å². The molecule has 0 aliphatic rings. The number of hydrogen-bond donors (Lipinski definition) is 2. The Hall–Kier alpha value is -2.67. The number of carbonyl (C=O) groups is 2. The summed E-state index contributed by atoms with van der Waals surface area (Å²) in [6.45, 7) is 4.92. The highest BCUT2D eigenvalue weighted by atomic mass is 32.1. The van der Waals surface area contributed by atoms with Crippen molar-refractivity contribution in [3.63, 3.8) is 0 Å². The zero-order valence-corrected chi connectivity index (χ0v) is 12.9. The van der Waals surface area contributed by atoms with Crippen LogP contribution in [0.25, 0.3) is 0 Å². The number of carbonyl (C=O) groups excluding carboxylic acids is 1. The summed E-state index contributed by atoms with van der Waals surface area (Å²) >= 11 is 0.776. The van der Waals surface area contributed by atoms with E-state index in [1.807, 2.05) is 0 Å². The fraction of sp³-hybridized carbons (Fsp3) is 0.417. The maximum absolute atomic E-state index is 11.6. The van der Waals surface area contributed by atoms with Gasteiger partial charge in [-0.1, -0.05) is 11.1 Å². The molecule has 0 aromatic carbocycles. The molecule has 0 saturated carbocycles. The first-order valence-electron chi connectivity index (χ1n) is 5.93. The Kier molecular flexibility index (Phi) is 5.82. The largest absolute Gasteiger partial charge is 0.476 e. The molecular weight excluding hydrogens is 312 g/mol. The van der Waals surface area contributed by atoms with E-state index in [1.54, 1.807) is 20.8 Å². The lowest BCUT2D eigenvalue weighted by Crippen LogP contribution is -2.27. The summed E-state index contributed by atoms with van der Waals surface area (Å²) in [6.07, 6.45) is 4.23. The standard InChI is InChI=1S/C12H14N4O5S/c1-5-6-20-15-7(9(17)18)8-13-10(22-16-8)14-11(19)21-12(2,3)4/h1H,6H2,2-4H3,(H,17,18)(H,13,14,16,19)/b15-7-. The second-order valence-corrected chi connectivity index (χ2v) is 5.52. The van der Waals surface area contributed by atoms with Gasteiger partial charge in [0.2, 0.25) is 16.7 Å². The van der Waals surface area contributed by atoms with Crippen molar-refractivity contribution in [2.75, 3.05) is 11.9 Å². The Morgan fingerprint density at radius 2 is 2.18 bits per heavy atom. The van der Waals surface area contributed by atoms with Crippen molar-refractivity contribution in [3.8, 4) is 12.3 Å². The molecule has 0 unspecified atom stereocenters. The van der Waals surface area contributed by atoms with Crippen molar-refractivity contribution in [3.05, 3.63) is 5.82 Å². The van der Waals surface area contributed by atoms with E-state index in [2.05, 4.69) is 30.6 Å². The van der Waals surface area contributed by atoms with Gasteiger partial charge in [0.15, 0.2) is 6.61 Å². The molecule has 0 spiro atoms. The number of rotatable bonds is 5. The lowest BCUT2D eigenvalue weighted by atomic mass is 10.2. The van der Waals surface area contributed by atoms with Gasteiger partial charge >= 0.3 is 12.1 Å². The molecule has 1 amide bonds. The van der Waals surface area contributed by atoms with E-state index in [4.69, 9.17) is 16.3 Å². The van der Waals surface area contributed by atoms with E-state index in [0.717, 1.165) is 11.5 Å². The Morgan fingerprint density at radius 3 is 2.73 bits per heavy atom. The number of aromatic nitrogens is 2. The molecule has 22 heavy (non-hydrogen) atoms. The van der Waals surface area contributed by atoms with Gasteiger partial charge in [-0.2, -0.15) is 9.36 Å². The Morgan fingerprint density at radius 1 is 1.50 bits per heavy atom. The molecular formula is C12H14N4O5S. The quantitative estimate of drug-likeness (QED) is 0.362. The van der Waals surface area contributed by atoms with Gasteiger partial charge in [0.1, 0.15) is 5.60 Å². The van der Waals surface area contributed by atoms with Gasteiger partial charge < -0.3 is 14.7 Å². The minimum Gasteiger partial charge on any atom is -0.476 e. The summed E-state index contributed by atoms with van der Waals surface area (Å²) in [5, 5.41) is 14.8. The first kappa shape index (κ1) is 17.4. The molecule has 1 heterocycles. The summed E-state index contributed by atoms with van der Waals surface area (Å²) in [6, 6.07) is 0. The van der Waals surface area contributed by atoms with Gasteiger partial charge in [0.05, 0.1) is 0 Å². The van der Waals surface area contributed by atoms with Gasteiger partial charge in [-0.05, 0) is 20.8 Å². The number of nitrogens with one attached hydrogen (secondary N) is 1. The fourth-order valence-corrected chi connectivity index (χ4v) is 1.63. The van der Waals surface area contributed by atoms with Gasteiger partial charge in [-0.15, -0.1) is 6.42 Å². The van der Waals surface area contributed by atoms with E-state index < -0.39 is 23.4 Å². The topological polar surface area (TPSA) is 123 Å². The number of aliphatic carboxylic acids is 1. The van der Waals surface area contributed by atoms with Gasteiger partial charge in [-0.3, -0.25) is 5.32 Å². The molecule has 118 valence electrons. The number of carboxylic acid groups (broad SMARTS) is 1. The molecule has 0 fully saturated rings. The third-order valence-corrected chi connectivity index (χ3v) is 2.38. The van der Waals surface area contributed by atoms with E-state index >= 15 is 0 Å². The Bertz CT molecular complexity index is 626. The van der Waals surface area contributed by atoms with Crippen LogP contribution in [0.2, 0.25) is 0 Å². The molecule has 2 N–H and O–H groups in total. The Balaban J connectivity index is 2.81. The van der Waals surface area contributed by atoms with Crippen LogP contribution in [0.15, 0.2) is 5.16 Å². The monoisotopic (exact) mass is 326 g/mol. The van der Waals surface area contributed by atoms with Gasteiger partial charge in [0.25, 0.3) is 0 Å². The third-order valence-electron chi connectivity index (χ3n) is 1.75. The first-order valence-corrected chi connectivity index (χ1v) is 6.71. The van der Waals surface area contributed by atoms with Crippen molar-refractivity contribution in [2.24, 2.45) is 5.16 Å². The van der Waals surface area contributed by atoms with Gasteiger partial charge in [0, 0.05) is 11.5 Å². The second-order valence-electron chi connectivity index (χ2n) is 4.77. The van der Waals surface area contributed by atoms with Crippen LogP contribution in [0.5, 0.6) is 0 Å². The summed E-state index contributed by atoms with van der Waals surface area (Å²) in [5.74, 6) is 0.535. The highest BCUT2D eigenvalue weighted by Crippen LogP contribution is 2.14. The third kappa shape index (κ3) is 5.76. The number of hydrogen-bond acceptors (Lipinski definition) is 8. The maximum atomic E-state index is 11.6. The SMILES string of the molecule is C#CCO/N=C(\C(=O)O)c1nsc(NC(=O)OC(C)(C)C)n1. The van der Waals surface area contributed by atoms with Crippen LogP contribution in [-0.2, 0) is 14.4 Å². The van der Waals surface area contributed by atoms with Crippen LogP contribution in [0.3, 0.4) is 0 Å². The average Bonchev–Trinajstić information content (AvgIpc) is 2.79. The van der Waals surface area contributed by atoms with Crippen molar-refractivity contribution < 1.29 is 24.3 Å². The number of carboxylic acids is 1. The molecule has 1 aromatic rings. The van der Waals surface area contributed by atoms with Crippen molar-refractivity contribution in [1.29, 1.82) is 0 Å². The van der Waals surface area contributed by atoms with Crippen LogP contribution in [0, 0.1) is 12.3 Å². The number of anilines is 1. The summed E-state index contributed by atoms with van der Waals surface area (Å²) in [4.78, 5) is 31.1. The highest BCUT2D eigenvalue weighted by molar-refractivity contribution is 7.10. The molecule has 9 nitrogen and oxygen atoms in total. The average molecular weight is 326 g/mol. The number of amides is 1. The normalized spacial score (nSPS) is 11.5. The zero-order chi connectivity index (χ0) is 16.8. The van der Waals surface area contributed by atoms with E-state index in [-0.39, 0.29) is 17.6 Å². The summed E-state index contributed by atoms with van der Waals surface area (Å²) < 4.78 is 8.82. The summed E-state index contributed by atoms with van der Waals surface area (Å²) in [5.41, 5.74) is -1.20. The van der Waals surface area contributed by atoms with Crippen LogP contribution in [0.1, 0.15) is 26.6 Å². The van der Waals surface area contributed by atoms with Crippen molar-refractivity contribution in [1.82, 2.24) is 9.36 Å². The maximum Gasteiger partial charge on any atom is 0.414 e. The predicted molar refractivity (Wildman–Crippen MR) is 78.7 cm³/mol. The van der Waals surface area contributed by atoms with Crippen molar-refractivity contribution in [2.45, 2.75) is 26.4 Å². The molecule has 0 atom stereocenters. The van der Waals surface area contributed by atoms with E-state index in [1.165, 1.54) is 0 Å². The predicted octanol–water partition coefficient (Wildman–Crippen LogP) is 1.32. The minimum absolute atomic E-state index is 0.0650. The van der Waals surface area contributed by atoms with Gasteiger partial charge in [-0.25, -0.2) is 9.59 Å². The van der Waals surface area contributed by atoms with E-state index in [0.29, 0.717) is 0 Å². The van der Waals surface area contributed by atoms with Crippen LogP contribution < -0.4 is 5.32 Å². The van der Waals surface area contributed by atoms with E-state index in [9.17, 15) is 9.59 Å². The van der Waals surface area contributed by atoms with Crippen LogP contribution >= 0.6 is 11.5 Å².